The summed E-state index contributed by atoms with van der Waals surface area (Å²) < 4.78 is 32.9. The summed E-state index contributed by atoms with van der Waals surface area (Å²) in [6, 6.07) is 0. The van der Waals surface area contributed by atoms with Crippen molar-refractivity contribution < 1.29 is 17.9 Å². The molecule has 0 bridgehead atoms. The van der Waals surface area contributed by atoms with Crippen LogP contribution in [0.25, 0.3) is 0 Å². The van der Waals surface area contributed by atoms with Crippen LogP contribution in [-0.4, -0.2) is 39.1 Å². The van der Waals surface area contributed by atoms with E-state index in [0.717, 1.165) is 25.7 Å². The van der Waals surface area contributed by atoms with E-state index in [4.69, 9.17) is 14.6 Å². The molecule has 0 saturated carbocycles. The summed E-state index contributed by atoms with van der Waals surface area (Å²) in [5.41, 5.74) is 0. The van der Waals surface area contributed by atoms with Crippen LogP contribution in [0.1, 0.15) is 46.0 Å². The number of ether oxygens (including phenoxy) is 2. The number of unbranched alkanes of at least 4 members (excludes halogenated alkanes) is 2. The molecule has 1 saturated heterocycles. The molecule has 2 N–H and O–H groups in total. The lowest BCUT2D eigenvalue weighted by Crippen LogP contribution is -2.34. The molecule has 2 unspecified atom stereocenters. The Morgan fingerprint density at radius 2 is 1.78 bits per heavy atom. The first-order valence-electron chi connectivity index (χ1n) is 6.64. The van der Waals surface area contributed by atoms with Crippen molar-refractivity contribution in [1.82, 2.24) is 0 Å². The summed E-state index contributed by atoms with van der Waals surface area (Å²) in [6.07, 6.45) is 5.04. The zero-order valence-corrected chi connectivity index (χ0v) is 12.1. The number of hydrogen-bond donors (Lipinski definition) is 1. The van der Waals surface area contributed by atoms with E-state index in [1.807, 2.05) is 0 Å². The third kappa shape index (κ3) is 7.31. The van der Waals surface area contributed by atoms with Crippen LogP contribution < -0.4 is 5.14 Å². The van der Waals surface area contributed by atoms with Gasteiger partial charge in [0.1, 0.15) is 0 Å². The van der Waals surface area contributed by atoms with E-state index in [1.165, 1.54) is 0 Å². The fraction of sp³-hybridized carbons (Fsp3) is 1.00. The summed E-state index contributed by atoms with van der Waals surface area (Å²) >= 11 is 0. The minimum Gasteiger partial charge on any atom is -0.378 e. The maximum Gasteiger partial charge on any atom is 0.209 e. The normalized spacial score (nSPS) is 29.4. The lowest BCUT2D eigenvalue weighted by atomic mass is 10.0. The van der Waals surface area contributed by atoms with E-state index in [1.54, 1.807) is 0 Å². The van der Waals surface area contributed by atoms with Crippen molar-refractivity contribution in [3.63, 3.8) is 0 Å². The lowest BCUT2D eigenvalue weighted by molar-refractivity contribution is -0.102. The van der Waals surface area contributed by atoms with Crippen LogP contribution in [0, 0.1) is 0 Å². The number of nitrogens with two attached hydrogens (primary N) is 1. The average molecular weight is 279 g/mol. The van der Waals surface area contributed by atoms with E-state index >= 15 is 0 Å². The molecule has 0 aromatic heterocycles. The zero-order valence-electron chi connectivity index (χ0n) is 11.3. The Kier molecular flexibility index (Phi) is 6.55. The van der Waals surface area contributed by atoms with Gasteiger partial charge in [0.05, 0.1) is 24.1 Å². The van der Waals surface area contributed by atoms with Gasteiger partial charge in [-0.2, -0.15) is 0 Å². The molecule has 0 aromatic carbocycles. The standard InChI is InChI=1S/C12H25NO4S/c1-10-8-12(9-11(2)17-10)16-6-4-3-5-7-18(13,14)15/h10-12H,3-9H2,1-2H3,(H2,13,14,15). The lowest BCUT2D eigenvalue weighted by Gasteiger charge is -2.32. The minimum absolute atomic E-state index is 0.0678. The minimum atomic E-state index is -3.30. The quantitative estimate of drug-likeness (QED) is 0.715. The number of hydrogen-bond acceptors (Lipinski definition) is 4. The molecule has 1 aliphatic heterocycles. The van der Waals surface area contributed by atoms with Crippen LogP contribution in [0.2, 0.25) is 0 Å². The van der Waals surface area contributed by atoms with Gasteiger partial charge < -0.3 is 9.47 Å². The van der Waals surface area contributed by atoms with Gasteiger partial charge in [-0.1, -0.05) is 6.42 Å². The van der Waals surface area contributed by atoms with Crippen LogP contribution in [-0.2, 0) is 19.5 Å². The fourth-order valence-corrected chi connectivity index (χ4v) is 2.92. The molecule has 1 aliphatic rings. The van der Waals surface area contributed by atoms with Gasteiger partial charge in [-0.15, -0.1) is 0 Å². The molecule has 108 valence electrons. The molecule has 1 heterocycles. The number of rotatable bonds is 7. The fourth-order valence-electron chi connectivity index (χ4n) is 2.31. The molecule has 1 fully saturated rings. The largest absolute Gasteiger partial charge is 0.378 e. The Morgan fingerprint density at radius 3 is 2.33 bits per heavy atom. The molecule has 2 atom stereocenters. The number of sulfonamides is 1. The molecular formula is C12H25NO4S. The van der Waals surface area contributed by atoms with Crippen molar-refractivity contribution in [2.45, 2.75) is 64.3 Å². The summed E-state index contributed by atoms with van der Waals surface area (Å²) in [4.78, 5) is 0. The summed E-state index contributed by atoms with van der Waals surface area (Å²) in [6.45, 7) is 4.82. The number of primary sulfonamides is 1. The Hall–Kier alpha value is -0.170. The molecule has 18 heavy (non-hydrogen) atoms. The van der Waals surface area contributed by atoms with Crippen LogP contribution >= 0.6 is 0 Å². The summed E-state index contributed by atoms with van der Waals surface area (Å²) in [5, 5.41) is 4.92. The Labute approximate surface area is 110 Å². The SMILES string of the molecule is CC1CC(OCCCCCS(N)(=O)=O)CC(C)O1. The third-order valence-corrected chi connectivity index (χ3v) is 3.94. The third-order valence-electron chi connectivity index (χ3n) is 3.08. The van der Waals surface area contributed by atoms with Gasteiger partial charge in [-0.05, 0) is 39.5 Å². The average Bonchev–Trinajstić information content (AvgIpc) is 2.20. The molecule has 0 spiro atoms. The van der Waals surface area contributed by atoms with E-state index in [9.17, 15) is 8.42 Å². The van der Waals surface area contributed by atoms with Gasteiger partial charge in [0, 0.05) is 6.61 Å². The van der Waals surface area contributed by atoms with Crippen LogP contribution in [0.5, 0.6) is 0 Å². The summed E-state index contributed by atoms with van der Waals surface area (Å²) in [5.74, 6) is 0.0678. The van der Waals surface area contributed by atoms with E-state index < -0.39 is 10.0 Å². The highest BCUT2D eigenvalue weighted by Crippen LogP contribution is 2.21. The van der Waals surface area contributed by atoms with Gasteiger partial charge in [0.15, 0.2) is 0 Å². The van der Waals surface area contributed by atoms with Crippen molar-refractivity contribution >= 4 is 10.0 Å². The van der Waals surface area contributed by atoms with Gasteiger partial charge >= 0.3 is 0 Å². The highest BCUT2D eigenvalue weighted by molar-refractivity contribution is 7.89. The van der Waals surface area contributed by atoms with Crippen molar-refractivity contribution in [2.24, 2.45) is 5.14 Å². The van der Waals surface area contributed by atoms with Gasteiger partial charge in [0.25, 0.3) is 0 Å². The predicted molar refractivity (Wildman–Crippen MR) is 70.8 cm³/mol. The summed E-state index contributed by atoms with van der Waals surface area (Å²) in [7, 11) is -3.30. The highest BCUT2D eigenvalue weighted by atomic mass is 32.2. The first-order chi connectivity index (χ1) is 8.37. The Balaban J connectivity index is 2.04. The van der Waals surface area contributed by atoms with Gasteiger partial charge in [-0.3, -0.25) is 0 Å². The zero-order chi connectivity index (χ0) is 13.6. The van der Waals surface area contributed by atoms with Crippen LogP contribution in [0.15, 0.2) is 0 Å². The Bertz CT molecular complexity index is 321. The Morgan fingerprint density at radius 1 is 1.17 bits per heavy atom. The van der Waals surface area contributed by atoms with Gasteiger partial charge in [-0.25, -0.2) is 13.6 Å². The molecule has 1 rings (SSSR count). The second kappa shape index (κ2) is 7.43. The van der Waals surface area contributed by atoms with Crippen molar-refractivity contribution in [3.05, 3.63) is 0 Å². The molecule has 5 nitrogen and oxygen atoms in total. The predicted octanol–water partition coefficient (Wildman–Crippen LogP) is 1.42. The maximum absolute atomic E-state index is 10.7. The highest BCUT2D eigenvalue weighted by Gasteiger charge is 2.24. The molecule has 0 aliphatic carbocycles. The monoisotopic (exact) mass is 279 g/mol. The van der Waals surface area contributed by atoms with Crippen molar-refractivity contribution in [1.29, 1.82) is 0 Å². The second-order valence-electron chi connectivity index (χ2n) is 5.15. The maximum atomic E-state index is 10.7. The van der Waals surface area contributed by atoms with Crippen molar-refractivity contribution in [2.75, 3.05) is 12.4 Å². The molecule has 0 radical (unpaired) electrons. The topological polar surface area (TPSA) is 78.6 Å². The van der Waals surface area contributed by atoms with Gasteiger partial charge in [0.2, 0.25) is 10.0 Å². The smallest absolute Gasteiger partial charge is 0.209 e. The first-order valence-corrected chi connectivity index (χ1v) is 8.36. The molecule has 6 heteroatoms. The van der Waals surface area contributed by atoms with E-state index in [-0.39, 0.29) is 24.1 Å². The van der Waals surface area contributed by atoms with Crippen LogP contribution in [0.3, 0.4) is 0 Å². The molecule has 0 amide bonds. The van der Waals surface area contributed by atoms with Crippen LogP contribution in [0.4, 0.5) is 0 Å². The molecule has 0 aromatic rings. The van der Waals surface area contributed by atoms with E-state index in [0.29, 0.717) is 13.0 Å². The van der Waals surface area contributed by atoms with E-state index in [2.05, 4.69) is 13.8 Å². The second-order valence-corrected chi connectivity index (χ2v) is 6.88. The first kappa shape index (κ1) is 15.9. The molecular weight excluding hydrogens is 254 g/mol. The van der Waals surface area contributed by atoms with Crippen molar-refractivity contribution in [3.8, 4) is 0 Å².